The highest BCUT2D eigenvalue weighted by atomic mass is 32.2. The molecular weight excluding hydrogens is 434 g/mol. The maximum Gasteiger partial charge on any atom is 0.251 e. The summed E-state index contributed by atoms with van der Waals surface area (Å²) in [6.07, 6.45) is 0. The van der Waals surface area contributed by atoms with E-state index in [4.69, 9.17) is 0 Å². The van der Waals surface area contributed by atoms with Crippen LogP contribution >= 0.6 is 11.8 Å². The van der Waals surface area contributed by atoms with Gasteiger partial charge >= 0.3 is 0 Å². The first-order valence-electron chi connectivity index (χ1n) is 11.1. The Morgan fingerprint density at radius 2 is 1.79 bits per heavy atom. The van der Waals surface area contributed by atoms with Gasteiger partial charge in [0.05, 0.1) is 11.8 Å². The van der Waals surface area contributed by atoms with Gasteiger partial charge in [-0.15, -0.1) is 10.2 Å². The maximum atomic E-state index is 12.6. The van der Waals surface area contributed by atoms with E-state index in [0.29, 0.717) is 29.0 Å². The second-order valence-electron chi connectivity index (χ2n) is 8.26. The van der Waals surface area contributed by atoms with Crippen LogP contribution in [0.25, 0.3) is 0 Å². The first-order valence-corrected chi connectivity index (χ1v) is 12.1. The van der Waals surface area contributed by atoms with Crippen molar-refractivity contribution in [1.29, 1.82) is 0 Å². The number of rotatable bonds is 9. The van der Waals surface area contributed by atoms with Crippen LogP contribution in [0.2, 0.25) is 0 Å². The molecule has 2 N–H and O–H groups in total. The summed E-state index contributed by atoms with van der Waals surface area (Å²) in [5.41, 5.74) is 3.64. The van der Waals surface area contributed by atoms with Gasteiger partial charge in [0.1, 0.15) is 0 Å². The second-order valence-corrected chi connectivity index (χ2v) is 9.21. The van der Waals surface area contributed by atoms with Gasteiger partial charge in [-0.2, -0.15) is 0 Å². The van der Waals surface area contributed by atoms with Crippen LogP contribution in [0.3, 0.4) is 0 Å². The van der Waals surface area contributed by atoms with Crippen molar-refractivity contribution in [2.75, 3.05) is 11.1 Å². The second kappa shape index (κ2) is 11.1. The molecule has 8 heteroatoms. The Morgan fingerprint density at radius 1 is 1.06 bits per heavy atom. The molecule has 0 unspecified atom stereocenters. The number of hydrogen-bond donors (Lipinski definition) is 2. The van der Waals surface area contributed by atoms with Gasteiger partial charge in [0.2, 0.25) is 5.91 Å². The van der Waals surface area contributed by atoms with Gasteiger partial charge in [0, 0.05) is 17.8 Å². The van der Waals surface area contributed by atoms with Gasteiger partial charge in [0.25, 0.3) is 5.91 Å². The molecule has 2 amide bonds. The normalized spacial score (nSPS) is 11.9. The molecule has 0 spiro atoms. The molecule has 1 atom stereocenters. The quantitative estimate of drug-likeness (QED) is 0.437. The molecule has 0 aliphatic carbocycles. The van der Waals surface area contributed by atoms with E-state index in [0.717, 1.165) is 11.3 Å². The Morgan fingerprint density at radius 3 is 2.42 bits per heavy atom. The summed E-state index contributed by atoms with van der Waals surface area (Å²) in [6, 6.07) is 15.0. The van der Waals surface area contributed by atoms with E-state index in [-0.39, 0.29) is 23.6 Å². The van der Waals surface area contributed by atoms with E-state index >= 15 is 0 Å². The molecule has 0 aliphatic heterocycles. The van der Waals surface area contributed by atoms with E-state index < -0.39 is 0 Å². The molecule has 3 rings (SSSR count). The number of benzene rings is 2. The molecule has 0 radical (unpaired) electrons. The highest BCUT2D eigenvalue weighted by molar-refractivity contribution is 7.99. The third kappa shape index (κ3) is 6.44. The number of carbonyl (C=O) groups excluding carboxylic acids is 2. The molecule has 0 saturated heterocycles. The highest BCUT2D eigenvalue weighted by Crippen LogP contribution is 2.22. The predicted octanol–water partition coefficient (Wildman–Crippen LogP) is 4.95. The van der Waals surface area contributed by atoms with E-state index in [1.807, 2.05) is 67.8 Å². The van der Waals surface area contributed by atoms with Crippen LogP contribution in [0.4, 0.5) is 5.69 Å². The molecule has 3 aromatic rings. The number of anilines is 1. The summed E-state index contributed by atoms with van der Waals surface area (Å²) in [7, 11) is 0. The van der Waals surface area contributed by atoms with Gasteiger partial charge in [-0.05, 0) is 56.5 Å². The highest BCUT2D eigenvalue weighted by Gasteiger charge is 2.20. The van der Waals surface area contributed by atoms with Crippen molar-refractivity contribution in [3.05, 3.63) is 71.0 Å². The smallest absolute Gasteiger partial charge is 0.251 e. The number of hydrogen-bond acceptors (Lipinski definition) is 5. The lowest BCUT2D eigenvalue weighted by molar-refractivity contribution is -0.113. The first kappa shape index (κ1) is 24.5. The average Bonchev–Trinajstić information content (AvgIpc) is 3.21. The monoisotopic (exact) mass is 465 g/mol. The van der Waals surface area contributed by atoms with Gasteiger partial charge in [-0.3, -0.25) is 9.59 Å². The number of nitrogens with one attached hydrogen (secondary N) is 2. The van der Waals surface area contributed by atoms with Crippen LogP contribution < -0.4 is 10.6 Å². The zero-order chi connectivity index (χ0) is 24.0. The lowest BCUT2D eigenvalue weighted by Gasteiger charge is -2.15. The zero-order valence-corrected chi connectivity index (χ0v) is 20.6. The van der Waals surface area contributed by atoms with Gasteiger partial charge in [-0.1, -0.05) is 55.4 Å². The van der Waals surface area contributed by atoms with Crippen molar-refractivity contribution in [3.63, 3.8) is 0 Å². The number of thioether (sulfide) groups is 1. The third-order valence-electron chi connectivity index (χ3n) is 5.27. The summed E-state index contributed by atoms with van der Waals surface area (Å²) in [5.74, 6) is 1.06. The molecule has 0 saturated carbocycles. The van der Waals surface area contributed by atoms with Crippen molar-refractivity contribution in [2.45, 2.75) is 58.3 Å². The van der Waals surface area contributed by atoms with Crippen LogP contribution in [0.15, 0.2) is 53.7 Å². The van der Waals surface area contributed by atoms with Crippen LogP contribution in [0.1, 0.15) is 67.0 Å². The van der Waals surface area contributed by atoms with E-state index in [1.165, 1.54) is 17.3 Å². The number of carbonyl (C=O) groups is 2. The molecule has 2 aromatic carbocycles. The fraction of sp³-hybridized carbons (Fsp3) is 0.360. The van der Waals surface area contributed by atoms with Crippen molar-refractivity contribution >= 4 is 29.3 Å². The summed E-state index contributed by atoms with van der Waals surface area (Å²) in [4.78, 5) is 25.0. The first-order chi connectivity index (χ1) is 15.8. The average molecular weight is 466 g/mol. The molecule has 33 heavy (non-hydrogen) atoms. The topological polar surface area (TPSA) is 88.9 Å². The molecule has 174 valence electrons. The van der Waals surface area contributed by atoms with Gasteiger partial charge in [0.15, 0.2) is 11.0 Å². The lowest BCUT2D eigenvalue weighted by Crippen LogP contribution is -2.28. The fourth-order valence-electron chi connectivity index (χ4n) is 3.43. The van der Waals surface area contributed by atoms with Crippen LogP contribution in [0, 0.1) is 6.92 Å². The molecule has 0 fully saturated rings. The number of aromatic nitrogens is 3. The Bertz CT molecular complexity index is 1110. The largest absolute Gasteiger partial charge is 0.342 e. The SMILES string of the molecule is CCn1c(SCC(=O)Nc2ccc(C(C)C)cc2)nnc1[C@H](C)NC(=O)c1cccc(C)c1. The summed E-state index contributed by atoms with van der Waals surface area (Å²) >= 11 is 1.33. The molecule has 0 aliphatic rings. The maximum absolute atomic E-state index is 12.6. The number of nitrogens with zero attached hydrogens (tertiary/aromatic N) is 3. The number of aryl methyl sites for hydroxylation is 1. The lowest BCUT2D eigenvalue weighted by atomic mass is 10.0. The Hall–Kier alpha value is -3.13. The van der Waals surface area contributed by atoms with E-state index in [1.54, 1.807) is 6.07 Å². The van der Waals surface area contributed by atoms with Crippen molar-refractivity contribution < 1.29 is 9.59 Å². The molecule has 1 heterocycles. The number of amides is 2. The minimum atomic E-state index is -0.326. The standard InChI is InChI=1S/C25H31N5O2S/c1-6-30-23(18(5)26-24(32)20-9-7-8-17(4)14-20)28-29-25(30)33-15-22(31)27-21-12-10-19(11-13-21)16(2)3/h7-14,16,18H,6,15H2,1-5H3,(H,26,32)(H,27,31)/t18-/m0/s1. The van der Waals surface area contributed by atoms with Gasteiger partial charge < -0.3 is 15.2 Å². The molecule has 1 aromatic heterocycles. The van der Waals surface area contributed by atoms with Crippen LogP contribution in [-0.4, -0.2) is 32.3 Å². The summed E-state index contributed by atoms with van der Waals surface area (Å²) < 4.78 is 1.93. The molecule has 0 bridgehead atoms. The fourth-order valence-corrected chi connectivity index (χ4v) is 4.24. The predicted molar refractivity (Wildman–Crippen MR) is 133 cm³/mol. The zero-order valence-electron chi connectivity index (χ0n) is 19.8. The van der Waals surface area contributed by atoms with E-state index in [2.05, 4.69) is 34.7 Å². The van der Waals surface area contributed by atoms with E-state index in [9.17, 15) is 9.59 Å². The minimum Gasteiger partial charge on any atom is -0.342 e. The van der Waals surface area contributed by atoms with Crippen LogP contribution in [0.5, 0.6) is 0 Å². The van der Waals surface area contributed by atoms with Crippen LogP contribution in [-0.2, 0) is 11.3 Å². The molecule has 7 nitrogen and oxygen atoms in total. The van der Waals surface area contributed by atoms with Crippen molar-refractivity contribution in [3.8, 4) is 0 Å². The van der Waals surface area contributed by atoms with Crippen molar-refractivity contribution in [2.24, 2.45) is 0 Å². The minimum absolute atomic E-state index is 0.106. The third-order valence-corrected chi connectivity index (χ3v) is 6.24. The Kier molecular flexibility index (Phi) is 8.27. The molecular formula is C25H31N5O2S. The Labute approximate surface area is 199 Å². The van der Waals surface area contributed by atoms with Crippen molar-refractivity contribution in [1.82, 2.24) is 20.1 Å². The Balaban J connectivity index is 1.60. The summed E-state index contributed by atoms with van der Waals surface area (Å²) in [5, 5.41) is 15.1. The summed E-state index contributed by atoms with van der Waals surface area (Å²) in [6.45, 7) is 10.7. The van der Waals surface area contributed by atoms with Gasteiger partial charge in [-0.25, -0.2) is 0 Å².